The van der Waals surface area contributed by atoms with Crippen LogP contribution in [0.4, 0.5) is 0 Å². The molecule has 1 aliphatic carbocycles. The van der Waals surface area contributed by atoms with Gasteiger partial charge in [-0.2, -0.15) is 0 Å². The number of unbranched alkanes of at least 4 members (excludes halogenated alkanes) is 1. The van der Waals surface area contributed by atoms with Gasteiger partial charge in [-0.25, -0.2) is 0 Å². The van der Waals surface area contributed by atoms with Crippen LogP contribution in [0.5, 0.6) is 0 Å². The summed E-state index contributed by atoms with van der Waals surface area (Å²) in [5.41, 5.74) is 0. The fourth-order valence-corrected chi connectivity index (χ4v) is 2.67. The van der Waals surface area contributed by atoms with Crippen LogP contribution in [-0.4, -0.2) is 29.4 Å². The maximum absolute atomic E-state index is 3.55. The molecule has 0 saturated heterocycles. The van der Waals surface area contributed by atoms with Crippen LogP contribution in [0.25, 0.3) is 0 Å². The van der Waals surface area contributed by atoms with Crippen molar-refractivity contribution in [3.8, 4) is 0 Å². The first-order valence-corrected chi connectivity index (χ1v) is 6.80. The number of hydrogen-bond acceptors (Lipinski definition) is 1. The Morgan fingerprint density at radius 3 is 2.46 bits per heavy atom. The largest absolute Gasteiger partial charge is 0.300 e. The topological polar surface area (TPSA) is 3.24 Å². The third kappa shape index (κ3) is 3.99. The molecule has 0 bridgehead atoms. The van der Waals surface area contributed by atoms with E-state index in [2.05, 4.69) is 27.8 Å². The van der Waals surface area contributed by atoms with E-state index < -0.39 is 0 Å². The van der Waals surface area contributed by atoms with E-state index in [0.717, 1.165) is 11.4 Å². The molecule has 1 rings (SSSR count). The number of halogens is 1. The average molecular weight is 248 g/mol. The van der Waals surface area contributed by atoms with Crippen LogP contribution in [0.1, 0.15) is 45.4 Å². The zero-order chi connectivity index (χ0) is 9.52. The van der Waals surface area contributed by atoms with Gasteiger partial charge < -0.3 is 0 Å². The second-order valence-electron chi connectivity index (χ2n) is 4.02. The minimum Gasteiger partial charge on any atom is -0.300 e. The molecule has 0 N–H and O–H groups in total. The standard InChI is InChI=1S/C11H22BrN/c1-2-3-9-13(10-8-12)11-6-4-5-7-11/h11H,2-10H2,1H3. The first kappa shape index (κ1) is 11.5. The van der Waals surface area contributed by atoms with E-state index in [4.69, 9.17) is 0 Å². The average Bonchev–Trinajstić information content (AvgIpc) is 2.65. The van der Waals surface area contributed by atoms with Crippen LogP contribution in [0.15, 0.2) is 0 Å². The summed E-state index contributed by atoms with van der Waals surface area (Å²) in [6.07, 6.45) is 8.48. The first-order chi connectivity index (χ1) is 6.38. The first-order valence-electron chi connectivity index (χ1n) is 5.68. The van der Waals surface area contributed by atoms with Gasteiger partial charge in [0.15, 0.2) is 0 Å². The van der Waals surface area contributed by atoms with E-state index in [0.29, 0.717) is 0 Å². The Kier molecular flexibility index (Phi) is 6.05. The van der Waals surface area contributed by atoms with Crippen LogP contribution in [0.2, 0.25) is 0 Å². The van der Waals surface area contributed by atoms with Crippen molar-refractivity contribution < 1.29 is 0 Å². The minimum atomic E-state index is 0.907. The number of hydrogen-bond donors (Lipinski definition) is 0. The molecule has 0 atom stereocenters. The van der Waals surface area contributed by atoms with Gasteiger partial charge in [-0.3, -0.25) is 4.90 Å². The van der Waals surface area contributed by atoms with Gasteiger partial charge in [-0.05, 0) is 25.8 Å². The summed E-state index contributed by atoms with van der Waals surface area (Å²) in [4.78, 5) is 2.69. The van der Waals surface area contributed by atoms with E-state index in [1.54, 1.807) is 0 Å². The molecule has 0 amide bonds. The van der Waals surface area contributed by atoms with Crippen molar-refractivity contribution in [1.29, 1.82) is 0 Å². The van der Waals surface area contributed by atoms with Crippen LogP contribution < -0.4 is 0 Å². The normalized spacial score (nSPS) is 18.7. The van der Waals surface area contributed by atoms with Gasteiger partial charge in [0.1, 0.15) is 0 Å². The van der Waals surface area contributed by atoms with Crippen LogP contribution in [0.3, 0.4) is 0 Å². The Hall–Kier alpha value is 0.440. The second kappa shape index (κ2) is 6.83. The smallest absolute Gasteiger partial charge is 0.0159 e. The van der Waals surface area contributed by atoms with E-state index in [-0.39, 0.29) is 0 Å². The zero-order valence-corrected chi connectivity index (χ0v) is 10.4. The van der Waals surface area contributed by atoms with E-state index >= 15 is 0 Å². The lowest BCUT2D eigenvalue weighted by atomic mass is 10.2. The molecule has 0 spiro atoms. The fraction of sp³-hybridized carbons (Fsp3) is 1.00. The third-order valence-electron chi connectivity index (χ3n) is 3.01. The van der Waals surface area contributed by atoms with Crippen LogP contribution in [0, 0.1) is 0 Å². The Morgan fingerprint density at radius 2 is 1.92 bits per heavy atom. The molecule has 1 fully saturated rings. The molecule has 0 unspecified atom stereocenters. The van der Waals surface area contributed by atoms with Gasteiger partial charge >= 0.3 is 0 Å². The lowest BCUT2D eigenvalue weighted by Crippen LogP contribution is -2.35. The number of nitrogens with zero attached hydrogens (tertiary/aromatic N) is 1. The summed E-state index contributed by atoms with van der Waals surface area (Å²) in [5, 5.41) is 1.13. The van der Waals surface area contributed by atoms with Crippen molar-refractivity contribution in [3.05, 3.63) is 0 Å². The van der Waals surface area contributed by atoms with E-state index in [1.165, 1.54) is 51.6 Å². The number of alkyl halides is 1. The summed E-state index contributed by atoms with van der Waals surface area (Å²) < 4.78 is 0. The molecule has 0 radical (unpaired) electrons. The van der Waals surface area contributed by atoms with Gasteiger partial charge in [-0.15, -0.1) is 0 Å². The minimum absolute atomic E-state index is 0.907. The van der Waals surface area contributed by atoms with Crippen molar-refractivity contribution in [2.24, 2.45) is 0 Å². The maximum Gasteiger partial charge on any atom is 0.0159 e. The lowest BCUT2D eigenvalue weighted by molar-refractivity contribution is 0.208. The molecule has 2 heteroatoms. The Morgan fingerprint density at radius 1 is 1.23 bits per heavy atom. The molecule has 13 heavy (non-hydrogen) atoms. The van der Waals surface area contributed by atoms with Gasteiger partial charge in [0.25, 0.3) is 0 Å². The monoisotopic (exact) mass is 247 g/mol. The molecule has 0 aromatic carbocycles. The summed E-state index contributed by atoms with van der Waals surface area (Å²) in [6.45, 7) is 4.83. The second-order valence-corrected chi connectivity index (χ2v) is 4.81. The summed E-state index contributed by atoms with van der Waals surface area (Å²) >= 11 is 3.55. The predicted octanol–water partition coefficient (Wildman–Crippen LogP) is 3.43. The SMILES string of the molecule is CCCCN(CCBr)C1CCCC1. The highest BCUT2D eigenvalue weighted by molar-refractivity contribution is 9.09. The molecular formula is C11H22BrN. The highest BCUT2D eigenvalue weighted by Crippen LogP contribution is 2.23. The highest BCUT2D eigenvalue weighted by atomic mass is 79.9. The molecule has 0 aliphatic heterocycles. The Bertz CT molecular complexity index is 121. The highest BCUT2D eigenvalue weighted by Gasteiger charge is 2.20. The molecular weight excluding hydrogens is 226 g/mol. The quantitative estimate of drug-likeness (QED) is 0.651. The Labute approximate surface area is 91.0 Å². The molecule has 0 aromatic rings. The van der Waals surface area contributed by atoms with Crippen LogP contribution >= 0.6 is 15.9 Å². The zero-order valence-electron chi connectivity index (χ0n) is 8.77. The summed E-state index contributed by atoms with van der Waals surface area (Å²) in [6, 6.07) is 0.907. The lowest BCUT2D eigenvalue weighted by Gasteiger charge is -2.27. The molecule has 0 aromatic heterocycles. The maximum atomic E-state index is 3.55. The molecule has 1 aliphatic rings. The van der Waals surface area contributed by atoms with E-state index in [1.807, 2.05) is 0 Å². The van der Waals surface area contributed by atoms with Crippen molar-refractivity contribution in [2.75, 3.05) is 18.4 Å². The summed E-state index contributed by atoms with van der Waals surface area (Å²) in [5.74, 6) is 0. The van der Waals surface area contributed by atoms with Gasteiger partial charge in [-0.1, -0.05) is 42.1 Å². The third-order valence-corrected chi connectivity index (χ3v) is 3.37. The van der Waals surface area contributed by atoms with Crippen molar-refractivity contribution in [1.82, 2.24) is 4.90 Å². The van der Waals surface area contributed by atoms with Gasteiger partial charge in [0.05, 0.1) is 0 Å². The van der Waals surface area contributed by atoms with Gasteiger partial charge in [0, 0.05) is 17.9 Å². The predicted molar refractivity (Wildman–Crippen MR) is 62.5 cm³/mol. The van der Waals surface area contributed by atoms with Crippen molar-refractivity contribution in [2.45, 2.75) is 51.5 Å². The molecule has 0 heterocycles. The number of rotatable bonds is 6. The van der Waals surface area contributed by atoms with Crippen molar-refractivity contribution in [3.63, 3.8) is 0 Å². The molecule has 1 saturated carbocycles. The van der Waals surface area contributed by atoms with Gasteiger partial charge in [0.2, 0.25) is 0 Å². The molecule has 78 valence electrons. The van der Waals surface area contributed by atoms with E-state index in [9.17, 15) is 0 Å². The summed E-state index contributed by atoms with van der Waals surface area (Å²) in [7, 11) is 0. The van der Waals surface area contributed by atoms with Crippen LogP contribution in [-0.2, 0) is 0 Å². The molecule has 1 nitrogen and oxygen atoms in total. The Balaban J connectivity index is 2.26. The fourth-order valence-electron chi connectivity index (χ4n) is 2.22. The van der Waals surface area contributed by atoms with Crippen molar-refractivity contribution >= 4 is 15.9 Å².